The summed E-state index contributed by atoms with van der Waals surface area (Å²) in [5, 5.41) is 17.4. The minimum Gasteiger partial charge on any atom is -0.387 e. The van der Waals surface area contributed by atoms with Crippen LogP contribution in [0.4, 0.5) is 0 Å². The maximum atomic E-state index is 8.77. The molecule has 0 aromatic rings. The predicted molar refractivity (Wildman–Crippen MR) is 26.4 cm³/mol. The molecule has 1 radical (unpaired) electrons. The van der Waals surface area contributed by atoms with Gasteiger partial charge in [0, 0.05) is 0 Å². The first-order valence-electron chi connectivity index (χ1n) is 2.67. The van der Waals surface area contributed by atoms with Gasteiger partial charge in [0.1, 0.15) is 6.10 Å². The fourth-order valence-electron chi connectivity index (χ4n) is 0.673. The highest BCUT2D eigenvalue weighted by molar-refractivity contribution is 4.77. The highest BCUT2D eigenvalue weighted by atomic mass is 16.6. The van der Waals surface area contributed by atoms with Crippen LogP contribution < -0.4 is 0 Å². The maximum Gasteiger partial charge on any atom is 0.250 e. The molecule has 0 saturated carbocycles. The summed E-state index contributed by atoms with van der Waals surface area (Å²) < 4.78 is 4.61. The normalized spacial score (nSPS) is 33.0. The number of aliphatic hydroxyl groups is 2. The molecule has 1 heterocycles. The van der Waals surface area contributed by atoms with Crippen LogP contribution in [0.5, 0.6) is 0 Å². The molecule has 1 unspecified atom stereocenters. The molecule has 1 atom stereocenters. The van der Waals surface area contributed by atoms with Crippen LogP contribution in [-0.2, 0) is 4.74 Å². The lowest BCUT2D eigenvalue weighted by molar-refractivity contribution is -0.0954. The Kier molecular flexibility index (Phi) is 1.83. The van der Waals surface area contributed by atoms with E-state index in [9.17, 15) is 0 Å². The minimum absolute atomic E-state index is 0.226. The van der Waals surface area contributed by atoms with Gasteiger partial charge in [-0.3, -0.25) is 0 Å². The first kappa shape index (κ1) is 6.01. The molecule has 1 rings (SSSR count). The minimum atomic E-state index is -0.747. The Bertz CT molecular complexity index is 64.1. The van der Waals surface area contributed by atoms with E-state index in [4.69, 9.17) is 10.2 Å². The lowest BCUT2D eigenvalue weighted by atomic mass is 10.1. The third-order valence-electron chi connectivity index (χ3n) is 1.16. The van der Waals surface area contributed by atoms with Gasteiger partial charge in [0.2, 0.25) is 0 Å². The van der Waals surface area contributed by atoms with Gasteiger partial charge in [0.05, 0.1) is 6.61 Å². The Balaban J connectivity index is 2.28. The molecule has 1 aliphatic heterocycles. The number of ether oxygens (including phenoxy) is 1. The maximum absolute atomic E-state index is 8.77. The summed E-state index contributed by atoms with van der Waals surface area (Å²) in [6, 6.07) is 0. The fraction of sp³-hybridized carbons (Fsp3) is 0.800. The van der Waals surface area contributed by atoms with Crippen molar-refractivity contribution < 1.29 is 14.9 Å². The van der Waals surface area contributed by atoms with Gasteiger partial charge >= 0.3 is 0 Å². The molecule has 0 aliphatic carbocycles. The van der Waals surface area contributed by atoms with E-state index in [0.29, 0.717) is 13.0 Å². The van der Waals surface area contributed by atoms with E-state index in [1.807, 2.05) is 0 Å². The van der Waals surface area contributed by atoms with Crippen LogP contribution >= 0.6 is 0 Å². The van der Waals surface area contributed by atoms with Gasteiger partial charge in [-0.2, -0.15) is 0 Å². The van der Waals surface area contributed by atoms with Crippen molar-refractivity contribution in [1.82, 2.24) is 0 Å². The van der Waals surface area contributed by atoms with Crippen molar-refractivity contribution in [3.63, 3.8) is 0 Å². The first-order valence-corrected chi connectivity index (χ1v) is 2.67. The zero-order chi connectivity index (χ0) is 5.98. The second-order valence-electron chi connectivity index (χ2n) is 1.84. The SMILES string of the molecule is O[C]1OCCCC1O. The van der Waals surface area contributed by atoms with Crippen molar-refractivity contribution >= 4 is 0 Å². The van der Waals surface area contributed by atoms with E-state index in [2.05, 4.69) is 4.74 Å². The lowest BCUT2D eigenvalue weighted by Crippen LogP contribution is -2.26. The van der Waals surface area contributed by atoms with Crippen LogP contribution in [0.25, 0.3) is 0 Å². The summed E-state index contributed by atoms with van der Waals surface area (Å²) in [5.41, 5.74) is 0. The highest BCUT2D eigenvalue weighted by Crippen LogP contribution is 2.16. The number of aliphatic hydroxyl groups excluding tert-OH is 2. The summed E-state index contributed by atoms with van der Waals surface area (Å²) in [5.74, 6) is 0. The second-order valence-corrected chi connectivity index (χ2v) is 1.84. The zero-order valence-corrected chi connectivity index (χ0v) is 4.50. The Morgan fingerprint density at radius 1 is 1.62 bits per heavy atom. The summed E-state index contributed by atoms with van der Waals surface area (Å²) >= 11 is 0. The predicted octanol–water partition coefficient (Wildman–Crippen LogP) is 0.0197. The molecular weight excluding hydrogens is 108 g/mol. The molecule has 0 aromatic carbocycles. The quantitative estimate of drug-likeness (QED) is 0.470. The van der Waals surface area contributed by atoms with Crippen molar-refractivity contribution in [2.75, 3.05) is 6.61 Å². The second kappa shape index (κ2) is 2.44. The van der Waals surface area contributed by atoms with Crippen molar-refractivity contribution in [2.45, 2.75) is 18.9 Å². The smallest absolute Gasteiger partial charge is 0.250 e. The van der Waals surface area contributed by atoms with Gasteiger partial charge in [-0.1, -0.05) is 0 Å². The zero-order valence-electron chi connectivity index (χ0n) is 4.50. The van der Waals surface area contributed by atoms with Crippen LogP contribution in [0.15, 0.2) is 0 Å². The Hall–Kier alpha value is -0.120. The summed E-state index contributed by atoms with van der Waals surface area (Å²) in [7, 11) is 0. The molecule has 1 aliphatic rings. The molecular formula is C5H9O3. The molecule has 2 N–H and O–H groups in total. The molecule has 0 bridgehead atoms. The van der Waals surface area contributed by atoms with Crippen LogP contribution in [-0.4, -0.2) is 22.9 Å². The van der Waals surface area contributed by atoms with Crippen molar-refractivity contribution in [2.24, 2.45) is 0 Å². The van der Waals surface area contributed by atoms with Gasteiger partial charge in [-0.05, 0) is 12.8 Å². The molecule has 0 aromatic heterocycles. The van der Waals surface area contributed by atoms with Crippen LogP contribution in [0.2, 0.25) is 0 Å². The number of hydrogen-bond acceptors (Lipinski definition) is 3. The van der Waals surface area contributed by atoms with Gasteiger partial charge in [0.15, 0.2) is 0 Å². The standard InChI is InChI=1S/C5H9O3/c6-4-2-1-3-8-5(4)7/h4,6-7H,1-3H2. The molecule has 3 heteroatoms. The van der Waals surface area contributed by atoms with Crippen LogP contribution in [0, 0.1) is 6.29 Å². The molecule has 47 valence electrons. The Morgan fingerprint density at radius 3 is 2.75 bits per heavy atom. The van der Waals surface area contributed by atoms with E-state index in [-0.39, 0.29) is 6.29 Å². The van der Waals surface area contributed by atoms with Crippen LogP contribution in [0.3, 0.4) is 0 Å². The third-order valence-corrected chi connectivity index (χ3v) is 1.16. The lowest BCUT2D eigenvalue weighted by Gasteiger charge is -2.20. The van der Waals surface area contributed by atoms with E-state index >= 15 is 0 Å². The van der Waals surface area contributed by atoms with Crippen molar-refractivity contribution in [3.05, 3.63) is 6.29 Å². The van der Waals surface area contributed by atoms with Crippen LogP contribution in [0.1, 0.15) is 12.8 Å². The highest BCUT2D eigenvalue weighted by Gasteiger charge is 2.22. The molecule has 0 spiro atoms. The fourth-order valence-corrected chi connectivity index (χ4v) is 0.673. The van der Waals surface area contributed by atoms with Crippen molar-refractivity contribution in [1.29, 1.82) is 0 Å². The van der Waals surface area contributed by atoms with Gasteiger partial charge in [-0.15, -0.1) is 0 Å². The molecule has 1 saturated heterocycles. The van der Waals surface area contributed by atoms with Gasteiger partial charge < -0.3 is 14.9 Å². The Morgan fingerprint density at radius 2 is 2.38 bits per heavy atom. The first-order chi connectivity index (χ1) is 3.80. The average Bonchev–Trinajstić information content (AvgIpc) is 1.77. The summed E-state index contributed by atoms with van der Waals surface area (Å²) in [4.78, 5) is 0. The van der Waals surface area contributed by atoms with E-state index in [1.54, 1.807) is 0 Å². The average molecular weight is 117 g/mol. The topological polar surface area (TPSA) is 49.7 Å². The summed E-state index contributed by atoms with van der Waals surface area (Å²) in [6.45, 7) is 0.531. The van der Waals surface area contributed by atoms with E-state index < -0.39 is 6.10 Å². The van der Waals surface area contributed by atoms with E-state index in [0.717, 1.165) is 6.42 Å². The largest absolute Gasteiger partial charge is 0.387 e. The number of rotatable bonds is 0. The number of hydrogen-bond donors (Lipinski definition) is 2. The summed E-state index contributed by atoms with van der Waals surface area (Å²) in [6.07, 6.45) is 0.469. The third kappa shape index (κ3) is 1.18. The van der Waals surface area contributed by atoms with Gasteiger partial charge in [0.25, 0.3) is 6.29 Å². The molecule has 8 heavy (non-hydrogen) atoms. The Labute approximate surface area is 47.9 Å². The van der Waals surface area contributed by atoms with Crippen molar-refractivity contribution in [3.8, 4) is 0 Å². The van der Waals surface area contributed by atoms with Gasteiger partial charge in [-0.25, -0.2) is 0 Å². The molecule has 0 amide bonds. The molecule has 3 nitrogen and oxygen atoms in total. The monoisotopic (exact) mass is 117 g/mol. The molecule has 1 fully saturated rings. The van der Waals surface area contributed by atoms with E-state index in [1.165, 1.54) is 0 Å².